The Hall–Kier alpha value is -2.31. The standard InChI is InChI=1S/C13H18FN3O3/c1-7(2)5-17-10(18)6-16-9-4-3-8(14)12(15)11(9)13(19)20/h3-4,7,16H,5-6,15H2,1-2H3,(H,17,18)(H,19,20). The number of carbonyl (C=O) groups is 2. The maximum Gasteiger partial charge on any atom is 0.340 e. The third-order valence-electron chi connectivity index (χ3n) is 2.55. The fourth-order valence-corrected chi connectivity index (χ4v) is 1.53. The third kappa shape index (κ3) is 4.11. The van der Waals surface area contributed by atoms with E-state index < -0.39 is 17.5 Å². The highest BCUT2D eigenvalue weighted by Crippen LogP contribution is 2.24. The van der Waals surface area contributed by atoms with E-state index in [0.29, 0.717) is 12.5 Å². The van der Waals surface area contributed by atoms with Crippen LogP contribution in [0.15, 0.2) is 12.1 Å². The van der Waals surface area contributed by atoms with E-state index in [0.717, 1.165) is 6.07 Å². The SMILES string of the molecule is CC(C)CNC(=O)CNc1ccc(F)c(N)c1C(=O)O. The van der Waals surface area contributed by atoms with Gasteiger partial charge in [-0.3, -0.25) is 4.79 Å². The number of hydrogen-bond acceptors (Lipinski definition) is 4. The number of aromatic carboxylic acids is 1. The summed E-state index contributed by atoms with van der Waals surface area (Å²) in [4.78, 5) is 22.6. The summed E-state index contributed by atoms with van der Waals surface area (Å²) in [5.41, 5.74) is 4.67. The van der Waals surface area contributed by atoms with Gasteiger partial charge in [0.2, 0.25) is 5.91 Å². The van der Waals surface area contributed by atoms with Gasteiger partial charge in [0.25, 0.3) is 0 Å². The van der Waals surface area contributed by atoms with Crippen molar-refractivity contribution in [3.63, 3.8) is 0 Å². The van der Waals surface area contributed by atoms with Gasteiger partial charge in [-0.25, -0.2) is 9.18 Å². The molecule has 20 heavy (non-hydrogen) atoms. The van der Waals surface area contributed by atoms with Crippen molar-refractivity contribution in [2.45, 2.75) is 13.8 Å². The number of carboxylic acids is 1. The topological polar surface area (TPSA) is 104 Å². The van der Waals surface area contributed by atoms with Crippen molar-refractivity contribution in [1.29, 1.82) is 0 Å². The van der Waals surface area contributed by atoms with Crippen LogP contribution in [0.25, 0.3) is 0 Å². The number of nitrogen functional groups attached to an aromatic ring is 1. The smallest absolute Gasteiger partial charge is 0.340 e. The lowest BCUT2D eigenvalue weighted by Crippen LogP contribution is -2.32. The van der Waals surface area contributed by atoms with Gasteiger partial charge in [-0.1, -0.05) is 13.8 Å². The Morgan fingerprint density at radius 1 is 1.40 bits per heavy atom. The Labute approximate surface area is 116 Å². The molecule has 0 radical (unpaired) electrons. The second-order valence-corrected chi connectivity index (χ2v) is 4.74. The number of anilines is 2. The lowest BCUT2D eigenvalue weighted by molar-refractivity contribution is -0.119. The molecule has 7 heteroatoms. The van der Waals surface area contributed by atoms with E-state index in [1.54, 1.807) is 0 Å². The molecule has 1 aromatic rings. The minimum absolute atomic E-state index is 0.107. The van der Waals surface area contributed by atoms with Crippen molar-refractivity contribution in [2.75, 3.05) is 24.1 Å². The molecule has 0 bridgehead atoms. The summed E-state index contributed by atoms with van der Waals surface area (Å²) in [7, 11) is 0. The highest BCUT2D eigenvalue weighted by Gasteiger charge is 2.17. The fourth-order valence-electron chi connectivity index (χ4n) is 1.53. The number of benzene rings is 1. The van der Waals surface area contributed by atoms with Gasteiger partial charge in [0.05, 0.1) is 17.9 Å². The van der Waals surface area contributed by atoms with Gasteiger partial charge >= 0.3 is 5.97 Å². The number of rotatable bonds is 6. The molecular formula is C13H18FN3O3. The number of nitrogens with two attached hydrogens (primary N) is 1. The lowest BCUT2D eigenvalue weighted by Gasteiger charge is -2.12. The van der Waals surface area contributed by atoms with Crippen LogP contribution in [0.5, 0.6) is 0 Å². The molecule has 0 saturated carbocycles. The Morgan fingerprint density at radius 2 is 2.05 bits per heavy atom. The van der Waals surface area contributed by atoms with Crippen LogP contribution in [0, 0.1) is 11.7 Å². The van der Waals surface area contributed by atoms with E-state index in [9.17, 15) is 14.0 Å². The summed E-state index contributed by atoms with van der Waals surface area (Å²) in [6, 6.07) is 2.29. The third-order valence-corrected chi connectivity index (χ3v) is 2.55. The number of amides is 1. The second kappa shape index (κ2) is 6.74. The Morgan fingerprint density at radius 3 is 2.60 bits per heavy atom. The minimum atomic E-state index is -1.35. The first-order chi connectivity index (χ1) is 9.32. The van der Waals surface area contributed by atoms with Crippen molar-refractivity contribution in [1.82, 2.24) is 5.32 Å². The molecule has 0 fully saturated rings. The van der Waals surface area contributed by atoms with Crippen LogP contribution in [0.4, 0.5) is 15.8 Å². The Balaban J connectivity index is 2.76. The first-order valence-electron chi connectivity index (χ1n) is 6.14. The first kappa shape index (κ1) is 15.7. The summed E-state index contributed by atoms with van der Waals surface area (Å²) in [5.74, 6) is -2.13. The summed E-state index contributed by atoms with van der Waals surface area (Å²) in [5, 5.41) is 14.3. The molecule has 0 saturated heterocycles. The van der Waals surface area contributed by atoms with Crippen LogP contribution in [-0.2, 0) is 4.79 Å². The molecule has 1 rings (SSSR count). The molecule has 5 N–H and O–H groups in total. The maximum absolute atomic E-state index is 13.2. The van der Waals surface area contributed by atoms with E-state index in [-0.39, 0.29) is 23.7 Å². The number of halogens is 1. The average Bonchev–Trinajstić information content (AvgIpc) is 2.37. The molecule has 1 amide bonds. The Kier molecular flexibility index (Phi) is 5.31. The second-order valence-electron chi connectivity index (χ2n) is 4.74. The van der Waals surface area contributed by atoms with Gasteiger partial charge in [0.1, 0.15) is 11.4 Å². The quantitative estimate of drug-likeness (QED) is 0.589. The molecule has 0 aromatic heterocycles. The predicted octanol–water partition coefficient (Wildman–Crippen LogP) is 1.29. The number of carbonyl (C=O) groups excluding carboxylic acids is 1. The monoisotopic (exact) mass is 283 g/mol. The fraction of sp³-hybridized carbons (Fsp3) is 0.385. The van der Waals surface area contributed by atoms with Crippen LogP contribution >= 0.6 is 0 Å². The van der Waals surface area contributed by atoms with Crippen molar-refractivity contribution in [2.24, 2.45) is 5.92 Å². The van der Waals surface area contributed by atoms with Gasteiger partial charge in [-0.2, -0.15) is 0 Å². The van der Waals surface area contributed by atoms with Crippen molar-refractivity contribution in [3.8, 4) is 0 Å². The van der Waals surface area contributed by atoms with Crippen molar-refractivity contribution < 1.29 is 19.1 Å². The molecule has 0 atom stereocenters. The lowest BCUT2D eigenvalue weighted by atomic mass is 10.1. The zero-order chi connectivity index (χ0) is 15.3. The minimum Gasteiger partial charge on any atom is -0.478 e. The van der Waals surface area contributed by atoms with Crippen LogP contribution < -0.4 is 16.4 Å². The van der Waals surface area contributed by atoms with Crippen molar-refractivity contribution >= 4 is 23.3 Å². The maximum atomic E-state index is 13.2. The van der Waals surface area contributed by atoms with E-state index in [1.807, 2.05) is 13.8 Å². The largest absolute Gasteiger partial charge is 0.478 e. The van der Waals surface area contributed by atoms with Gasteiger partial charge in [0, 0.05) is 6.54 Å². The molecule has 6 nitrogen and oxygen atoms in total. The number of nitrogens with one attached hydrogen (secondary N) is 2. The van der Waals surface area contributed by atoms with Gasteiger partial charge in [-0.05, 0) is 18.1 Å². The summed E-state index contributed by atoms with van der Waals surface area (Å²) in [6.45, 7) is 4.32. The number of carboxylic acid groups (broad SMARTS) is 1. The zero-order valence-electron chi connectivity index (χ0n) is 11.4. The molecule has 1 aromatic carbocycles. The molecule has 0 aliphatic carbocycles. The highest BCUT2D eigenvalue weighted by molar-refractivity contribution is 6.00. The van der Waals surface area contributed by atoms with E-state index in [2.05, 4.69) is 10.6 Å². The highest BCUT2D eigenvalue weighted by atomic mass is 19.1. The molecule has 0 spiro atoms. The van der Waals surface area contributed by atoms with E-state index in [1.165, 1.54) is 6.07 Å². The summed E-state index contributed by atoms with van der Waals surface area (Å²) >= 11 is 0. The molecule has 110 valence electrons. The summed E-state index contributed by atoms with van der Waals surface area (Å²) < 4.78 is 13.2. The normalized spacial score (nSPS) is 10.4. The molecule has 0 heterocycles. The Bertz CT molecular complexity index is 518. The first-order valence-corrected chi connectivity index (χ1v) is 6.14. The van der Waals surface area contributed by atoms with Gasteiger partial charge in [-0.15, -0.1) is 0 Å². The molecule has 0 aliphatic heterocycles. The molecule has 0 aliphatic rings. The van der Waals surface area contributed by atoms with Crippen LogP contribution in [0.1, 0.15) is 24.2 Å². The summed E-state index contributed by atoms with van der Waals surface area (Å²) in [6.07, 6.45) is 0. The molecular weight excluding hydrogens is 265 g/mol. The average molecular weight is 283 g/mol. The van der Waals surface area contributed by atoms with Gasteiger partial charge < -0.3 is 21.5 Å². The van der Waals surface area contributed by atoms with Crippen molar-refractivity contribution in [3.05, 3.63) is 23.5 Å². The number of hydrogen-bond donors (Lipinski definition) is 4. The van der Waals surface area contributed by atoms with E-state index in [4.69, 9.17) is 10.8 Å². The van der Waals surface area contributed by atoms with Crippen LogP contribution in [0.2, 0.25) is 0 Å². The van der Waals surface area contributed by atoms with Crippen LogP contribution in [-0.4, -0.2) is 30.1 Å². The van der Waals surface area contributed by atoms with E-state index >= 15 is 0 Å². The zero-order valence-corrected chi connectivity index (χ0v) is 11.4. The van der Waals surface area contributed by atoms with Gasteiger partial charge in [0.15, 0.2) is 0 Å². The van der Waals surface area contributed by atoms with Crippen LogP contribution in [0.3, 0.4) is 0 Å². The predicted molar refractivity (Wildman–Crippen MR) is 74.1 cm³/mol. The molecule has 0 unspecified atom stereocenters.